The van der Waals surface area contributed by atoms with Crippen LogP contribution in [0.3, 0.4) is 0 Å². The second-order valence-corrected chi connectivity index (χ2v) is 36.9. The minimum absolute atomic E-state index is 0. The fraction of sp³-hybridized carbons (Fsp3) is 0.386. The quantitative estimate of drug-likeness (QED) is 0.181. The van der Waals surface area contributed by atoms with Crippen molar-refractivity contribution < 1.29 is 18.3 Å². The molecule has 3 aromatic carbocycles. The van der Waals surface area contributed by atoms with Crippen LogP contribution in [0.1, 0.15) is 94.3 Å². The van der Waals surface area contributed by atoms with Gasteiger partial charge in [-0.25, -0.2) is 0 Å². The van der Waals surface area contributed by atoms with E-state index in [0.29, 0.717) is 5.92 Å². The first-order valence-corrected chi connectivity index (χ1v) is 28.9. The molecule has 0 nitrogen and oxygen atoms in total. The zero-order chi connectivity index (χ0) is 33.5. The molecule has 254 valence electrons. The molecule has 4 heteroatoms. The number of benzene rings is 3. The van der Waals surface area contributed by atoms with Gasteiger partial charge in [0.15, 0.2) is 0 Å². The van der Waals surface area contributed by atoms with Crippen molar-refractivity contribution in [3.05, 3.63) is 117 Å². The van der Waals surface area contributed by atoms with Crippen LogP contribution in [0.25, 0.3) is 22.3 Å². The molecule has 0 radical (unpaired) electrons. The van der Waals surface area contributed by atoms with Crippen molar-refractivity contribution in [3.63, 3.8) is 0 Å². The number of halogens is 2. The zero-order valence-electron chi connectivity index (χ0n) is 31.6. The number of rotatable bonds is 4. The van der Waals surface area contributed by atoms with E-state index in [9.17, 15) is 0 Å². The van der Waals surface area contributed by atoms with Gasteiger partial charge in [0, 0.05) is 0 Å². The molecule has 0 aliphatic heterocycles. The van der Waals surface area contributed by atoms with Gasteiger partial charge in [0.1, 0.15) is 0 Å². The number of fused-ring (bicyclic) bond motifs is 5. The topological polar surface area (TPSA) is 0 Å². The summed E-state index contributed by atoms with van der Waals surface area (Å²) in [5.41, 5.74) is 17.6. The van der Waals surface area contributed by atoms with Crippen LogP contribution in [0.2, 0.25) is 24.3 Å². The molecule has 1 unspecified atom stereocenters. The molecule has 0 saturated carbocycles. The number of hydrogen-bond donors (Lipinski definition) is 0. The van der Waals surface area contributed by atoms with Crippen molar-refractivity contribution in [3.8, 4) is 11.1 Å². The van der Waals surface area contributed by atoms with Gasteiger partial charge in [-0.2, -0.15) is 0 Å². The third kappa shape index (κ3) is 4.93. The van der Waals surface area contributed by atoms with Gasteiger partial charge < -0.3 is 0 Å². The molecule has 4 aliphatic rings. The Balaban J connectivity index is 0.00000225. The molecule has 0 amide bonds. The summed E-state index contributed by atoms with van der Waals surface area (Å²) in [6.07, 6.45) is 6.12. The molecule has 0 aromatic heterocycles. The molecule has 48 heavy (non-hydrogen) atoms. The van der Waals surface area contributed by atoms with Gasteiger partial charge in [-0.1, -0.05) is 0 Å². The Morgan fingerprint density at radius 2 is 1.29 bits per heavy atom. The Morgan fingerprint density at radius 1 is 0.750 bits per heavy atom. The maximum absolute atomic E-state index is 5.66. The van der Waals surface area contributed by atoms with Crippen molar-refractivity contribution in [1.82, 2.24) is 0 Å². The average Bonchev–Trinajstić information content (AvgIpc) is 3.59. The summed E-state index contributed by atoms with van der Waals surface area (Å²) in [5, 5.41) is 1.65. The van der Waals surface area contributed by atoms with Gasteiger partial charge in [-0.3, -0.25) is 0 Å². The van der Waals surface area contributed by atoms with Crippen LogP contribution in [0.5, 0.6) is 0 Å². The third-order valence-electron chi connectivity index (χ3n) is 12.7. The molecule has 4 aliphatic carbocycles. The van der Waals surface area contributed by atoms with E-state index in [-0.39, 0.29) is 35.6 Å². The van der Waals surface area contributed by atoms with Gasteiger partial charge in [0.2, 0.25) is 0 Å². The molecular formula is C44H56Cl2SiZr. The van der Waals surface area contributed by atoms with Crippen molar-refractivity contribution in [2.24, 2.45) is 5.92 Å². The monoisotopic (exact) mass is 772 g/mol. The second-order valence-electron chi connectivity index (χ2n) is 18.0. The molecule has 1 atom stereocenters. The van der Waals surface area contributed by atoms with Crippen molar-refractivity contribution in [2.45, 2.75) is 104 Å². The summed E-state index contributed by atoms with van der Waals surface area (Å²) in [4.78, 5) is 0. The molecule has 0 fully saturated rings. The van der Waals surface area contributed by atoms with Crippen LogP contribution < -0.4 is 3.27 Å². The Kier molecular flexibility index (Phi) is 8.84. The Morgan fingerprint density at radius 3 is 1.83 bits per heavy atom. The van der Waals surface area contributed by atoms with E-state index in [2.05, 4.69) is 147 Å². The standard InChI is InChI=1S/C25H25.C10H17Si.C7H7.CH3.CH2.2ClH.Zr/c1-14-12-24(3,4)22-8-16-7-17-9-23-19(15(2)13-25(23,5)6)11-21(17)20(16)10-18(14)22;1-8-6-9(2)10(7-8)11(3,4)5;1-7-5-3-2-4-6-7;;;;;/h8-12H,7H2,1-6H3;7-8H,1-5H3;3-6H,1H3;1H3;1H2;2*1H;. The Hall–Kier alpha value is -1.83. The molecule has 0 spiro atoms. The van der Waals surface area contributed by atoms with Gasteiger partial charge in [0.05, 0.1) is 0 Å². The van der Waals surface area contributed by atoms with Crippen molar-refractivity contribution in [2.75, 3.05) is 0 Å². The summed E-state index contributed by atoms with van der Waals surface area (Å²) in [7, 11) is -1.53. The van der Waals surface area contributed by atoms with Crippen LogP contribution in [-0.2, 0) is 35.5 Å². The first-order chi connectivity index (χ1) is 21.2. The molecule has 3 aromatic rings. The normalized spacial score (nSPS) is 20.4. The van der Waals surface area contributed by atoms with E-state index < -0.39 is 26.4 Å². The van der Waals surface area contributed by atoms with E-state index in [1.165, 1.54) is 64.5 Å². The zero-order valence-corrected chi connectivity index (χ0v) is 36.7. The van der Waals surface area contributed by atoms with Crippen molar-refractivity contribution >= 4 is 51.5 Å². The molecule has 7 rings (SSSR count). The fourth-order valence-electron chi connectivity index (χ4n) is 11.1. The van der Waals surface area contributed by atoms with Crippen LogP contribution in [0, 0.1) is 12.8 Å². The second kappa shape index (κ2) is 11.3. The van der Waals surface area contributed by atoms with Gasteiger partial charge >= 0.3 is 283 Å². The summed E-state index contributed by atoms with van der Waals surface area (Å²) in [6, 6.07) is 19.8. The molecule has 0 N–H and O–H groups in total. The van der Waals surface area contributed by atoms with Crippen LogP contribution in [-0.4, -0.2) is 12.3 Å². The third-order valence-corrected chi connectivity index (χ3v) is 30.9. The maximum atomic E-state index is 5.66. The molecule has 0 saturated heterocycles. The first-order valence-electron chi connectivity index (χ1n) is 17.5. The first kappa shape index (κ1) is 37.4. The SMILES string of the molecule is Cl.Cl.[CH2]=[Zr]([CH3])([C]1=C(C)C([Si](C)(C)C)=CC1C)([C]1=C(C)c2cc3c(cc2C1(C)C)Cc1cc2c(cc1-3)C(C)=CC2(C)C)[c]1ccc(C)cc1. The van der Waals surface area contributed by atoms with E-state index >= 15 is 0 Å². The number of hydrogen-bond acceptors (Lipinski definition) is 0. The molecular weight excluding hydrogens is 719 g/mol. The van der Waals surface area contributed by atoms with Crippen LogP contribution >= 0.6 is 24.8 Å². The van der Waals surface area contributed by atoms with Crippen LogP contribution in [0.4, 0.5) is 0 Å². The van der Waals surface area contributed by atoms with E-state index in [4.69, 9.17) is 4.21 Å². The number of aryl methyl sites for hydroxylation is 1. The van der Waals surface area contributed by atoms with Gasteiger partial charge in [0.25, 0.3) is 0 Å². The van der Waals surface area contributed by atoms with Crippen LogP contribution in [0.15, 0.2) is 78.0 Å². The van der Waals surface area contributed by atoms with E-state index in [1.54, 1.807) is 17.3 Å². The van der Waals surface area contributed by atoms with Gasteiger partial charge in [-0.05, 0) is 0 Å². The number of allylic oxidation sites excluding steroid dienone is 8. The molecule has 0 bridgehead atoms. The summed E-state index contributed by atoms with van der Waals surface area (Å²) in [5.74, 6) is 0.413. The minimum atomic E-state index is -4.41. The predicted molar refractivity (Wildman–Crippen MR) is 219 cm³/mol. The van der Waals surface area contributed by atoms with E-state index in [0.717, 1.165) is 6.42 Å². The summed E-state index contributed by atoms with van der Waals surface area (Å²) in [6.45, 7) is 29.2. The average molecular weight is 775 g/mol. The Labute approximate surface area is 305 Å². The summed E-state index contributed by atoms with van der Waals surface area (Å²) < 4.78 is 13.2. The fourth-order valence-corrected chi connectivity index (χ4v) is 31.5. The summed E-state index contributed by atoms with van der Waals surface area (Å²) >= 11 is -4.41. The Bertz CT molecular complexity index is 2110. The van der Waals surface area contributed by atoms with Crippen molar-refractivity contribution in [1.29, 1.82) is 0 Å². The molecule has 0 heterocycles. The van der Waals surface area contributed by atoms with Gasteiger partial charge in [-0.15, -0.1) is 24.8 Å². The van der Waals surface area contributed by atoms with E-state index in [1.807, 2.05) is 0 Å². The predicted octanol–water partition coefficient (Wildman–Crippen LogP) is 12.3.